The van der Waals surface area contributed by atoms with Gasteiger partial charge in [0.25, 0.3) is 5.91 Å². The Bertz CT molecular complexity index is 1000. The number of sulfonamides is 1. The molecule has 0 saturated carbocycles. The van der Waals surface area contributed by atoms with Gasteiger partial charge in [0.05, 0.1) is 4.90 Å². The van der Waals surface area contributed by atoms with Crippen molar-refractivity contribution < 1.29 is 13.2 Å². The summed E-state index contributed by atoms with van der Waals surface area (Å²) in [7, 11) is -3.77. The number of aryl methyl sites for hydroxylation is 1. The van der Waals surface area contributed by atoms with Crippen LogP contribution in [0.1, 0.15) is 11.1 Å². The van der Waals surface area contributed by atoms with Gasteiger partial charge < -0.3 is 10.6 Å². The van der Waals surface area contributed by atoms with Crippen molar-refractivity contribution in [3.8, 4) is 6.07 Å². The quantitative estimate of drug-likeness (QED) is 0.550. The largest absolute Gasteiger partial charge is 0.360 e. The van der Waals surface area contributed by atoms with Gasteiger partial charge in [0.1, 0.15) is 11.6 Å². The average molecular weight is 370 g/mol. The number of nitrogens with zero attached hydrogens (tertiary/aromatic N) is 1. The maximum atomic E-state index is 12.3. The van der Waals surface area contributed by atoms with E-state index in [0.717, 1.165) is 11.1 Å². The fourth-order valence-corrected chi connectivity index (χ4v) is 2.64. The summed E-state index contributed by atoms with van der Waals surface area (Å²) in [5.41, 5.74) is 2.96. The summed E-state index contributed by atoms with van der Waals surface area (Å²) in [5, 5.41) is 19.7. The topological polar surface area (TPSA) is 125 Å². The molecule has 134 valence electrons. The molecule has 0 unspecified atom stereocenters. The van der Waals surface area contributed by atoms with Gasteiger partial charge in [-0.05, 0) is 55.3 Å². The zero-order chi connectivity index (χ0) is 19.3. The van der Waals surface area contributed by atoms with Crippen molar-refractivity contribution in [2.45, 2.75) is 18.7 Å². The second-order valence-electron chi connectivity index (χ2n) is 5.59. The van der Waals surface area contributed by atoms with Gasteiger partial charge in [-0.15, -0.1) is 0 Å². The zero-order valence-electron chi connectivity index (χ0n) is 14.3. The Hall–Kier alpha value is -3.15. The van der Waals surface area contributed by atoms with Crippen molar-refractivity contribution in [1.82, 2.24) is 0 Å². The Morgan fingerprint density at radius 2 is 1.81 bits per heavy atom. The Kier molecular flexibility index (Phi) is 5.77. The van der Waals surface area contributed by atoms with Crippen LogP contribution in [0.25, 0.3) is 0 Å². The molecular formula is C18H18N4O3S. The lowest BCUT2D eigenvalue weighted by Crippen LogP contribution is -2.15. The molecule has 0 saturated heterocycles. The van der Waals surface area contributed by atoms with Crippen LogP contribution in [0, 0.1) is 25.2 Å². The van der Waals surface area contributed by atoms with Crippen molar-refractivity contribution in [3.05, 3.63) is 65.4 Å². The van der Waals surface area contributed by atoms with Crippen LogP contribution in [-0.2, 0) is 14.8 Å². The molecule has 0 heterocycles. The van der Waals surface area contributed by atoms with E-state index in [1.807, 2.05) is 32.0 Å². The normalized spacial score (nSPS) is 11.5. The third kappa shape index (κ3) is 4.69. The molecule has 2 aromatic rings. The van der Waals surface area contributed by atoms with Crippen LogP contribution in [0.3, 0.4) is 0 Å². The molecule has 0 fully saturated rings. The summed E-state index contributed by atoms with van der Waals surface area (Å²) in [6, 6.07) is 13.0. The van der Waals surface area contributed by atoms with Gasteiger partial charge in [-0.25, -0.2) is 13.6 Å². The van der Waals surface area contributed by atoms with E-state index in [1.54, 1.807) is 6.07 Å². The number of carbonyl (C=O) groups excluding carboxylic acids is 1. The maximum absolute atomic E-state index is 12.3. The highest BCUT2D eigenvalue weighted by atomic mass is 32.2. The highest BCUT2D eigenvalue weighted by Gasteiger charge is 2.11. The van der Waals surface area contributed by atoms with Gasteiger partial charge in [0.15, 0.2) is 0 Å². The van der Waals surface area contributed by atoms with E-state index in [9.17, 15) is 18.5 Å². The lowest BCUT2D eigenvalue weighted by atomic mass is 10.1. The van der Waals surface area contributed by atoms with Gasteiger partial charge in [0.2, 0.25) is 10.0 Å². The van der Waals surface area contributed by atoms with Crippen LogP contribution in [0.2, 0.25) is 0 Å². The number of nitrogens with one attached hydrogen (secondary N) is 2. The zero-order valence-corrected chi connectivity index (χ0v) is 15.1. The number of anilines is 2. The molecule has 0 aliphatic carbocycles. The summed E-state index contributed by atoms with van der Waals surface area (Å²) in [4.78, 5) is 12.2. The molecule has 0 bridgehead atoms. The summed E-state index contributed by atoms with van der Waals surface area (Å²) in [6.45, 7) is 3.81. The first-order valence-electron chi connectivity index (χ1n) is 7.59. The summed E-state index contributed by atoms with van der Waals surface area (Å²) in [5.74, 6) is -0.546. The molecule has 4 N–H and O–H groups in total. The van der Waals surface area contributed by atoms with Gasteiger partial charge >= 0.3 is 0 Å². The first-order chi connectivity index (χ1) is 12.2. The predicted octanol–water partition coefficient (Wildman–Crippen LogP) is 2.41. The number of nitriles is 1. The number of rotatable bonds is 5. The van der Waals surface area contributed by atoms with E-state index < -0.39 is 15.9 Å². The molecule has 8 heteroatoms. The Morgan fingerprint density at radius 3 is 2.38 bits per heavy atom. The molecule has 1 amide bonds. The maximum Gasteiger partial charge on any atom is 0.267 e. The second-order valence-corrected chi connectivity index (χ2v) is 7.15. The second kappa shape index (κ2) is 7.82. The first-order valence-corrected chi connectivity index (χ1v) is 9.14. The monoisotopic (exact) mass is 370 g/mol. The van der Waals surface area contributed by atoms with Gasteiger partial charge in [-0.1, -0.05) is 12.1 Å². The molecule has 0 radical (unpaired) electrons. The van der Waals surface area contributed by atoms with Crippen LogP contribution in [0.4, 0.5) is 11.4 Å². The molecule has 0 spiro atoms. The van der Waals surface area contributed by atoms with E-state index in [1.165, 1.54) is 30.5 Å². The highest BCUT2D eigenvalue weighted by molar-refractivity contribution is 7.89. The van der Waals surface area contributed by atoms with Crippen LogP contribution >= 0.6 is 0 Å². The third-order valence-corrected chi connectivity index (χ3v) is 4.71. The minimum Gasteiger partial charge on any atom is -0.360 e. The smallest absolute Gasteiger partial charge is 0.267 e. The van der Waals surface area contributed by atoms with E-state index in [2.05, 4.69) is 10.6 Å². The molecule has 0 aliphatic rings. The number of benzene rings is 2. The van der Waals surface area contributed by atoms with E-state index in [0.29, 0.717) is 11.4 Å². The minimum atomic E-state index is -3.77. The predicted molar refractivity (Wildman–Crippen MR) is 99.7 cm³/mol. The summed E-state index contributed by atoms with van der Waals surface area (Å²) in [6.07, 6.45) is 1.26. The molecular weight excluding hydrogens is 352 g/mol. The molecule has 0 aliphatic heterocycles. The number of hydrogen-bond donors (Lipinski definition) is 3. The van der Waals surface area contributed by atoms with E-state index in [-0.39, 0.29) is 10.5 Å². The van der Waals surface area contributed by atoms with Crippen LogP contribution in [0.5, 0.6) is 0 Å². The van der Waals surface area contributed by atoms with Crippen molar-refractivity contribution >= 4 is 27.3 Å². The number of nitrogens with two attached hydrogens (primary N) is 1. The molecule has 2 rings (SSSR count). The molecule has 0 atom stereocenters. The number of carbonyl (C=O) groups is 1. The van der Waals surface area contributed by atoms with Crippen molar-refractivity contribution in [2.75, 3.05) is 10.6 Å². The number of hydrogen-bond acceptors (Lipinski definition) is 5. The summed E-state index contributed by atoms with van der Waals surface area (Å²) < 4.78 is 22.4. The highest BCUT2D eigenvalue weighted by Crippen LogP contribution is 2.19. The van der Waals surface area contributed by atoms with Crippen LogP contribution in [-0.4, -0.2) is 14.3 Å². The number of amides is 1. The third-order valence-electron chi connectivity index (χ3n) is 3.78. The van der Waals surface area contributed by atoms with Crippen molar-refractivity contribution in [2.24, 2.45) is 5.14 Å². The fraction of sp³-hybridized carbons (Fsp3) is 0.111. The fourth-order valence-electron chi connectivity index (χ4n) is 2.12. The minimum absolute atomic E-state index is 0.0276. The Balaban J connectivity index is 2.13. The van der Waals surface area contributed by atoms with E-state index in [4.69, 9.17) is 5.14 Å². The average Bonchev–Trinajstić information content (AvgIpc) is 2.59. The molecule has 26 heavy (non-hydrogen) atoms. The Labute approximate surface area is 152 Å². The van der Waals surface area contributed by atoms with Gasteiger partial charge in [-0.3, -0.25) is 4.79 Å². The molecule has 0 aromatic heterocycles. The standard InChI is InChI=1S/C18H18N4O3S/c1-12-4-3-5-17(13(12)2)22-18(23)14(10-19)11-21-15-6-8-16(9-7-15)26(20,24)25/h3-9,11,21H,1-2H3,(H,22,23)(H2,20,24,25)/b14-11-. The number of primary sulfonamides is 1. The molecule has 7 nitrogen and oxygen atoms in total. The van der Waals surface area contributed by atoms with Crippen LogP contribution < -0.4 is 15.8 Å². The lowest BCUT2D eigenvalue weighted by Gasteiger charge is -2.10. The van der Waals surface area contributed by atoms with Crippen LogP contribution in [0.15, 0.2) is 59.1 Å². The van der Waals surface area contributed by atoms with Crippen molar-refractivity contribution in [1.29, 1.82) is 5.26 Å². The lowest BCUT2D eigenvalue weighted by molar-refractivity contribution is -0.112. The summed E-state index contributed by atoms with van der Waals surface area (Å²) >= 11 is 0. The first kappa shape index (κ1) is 19.2. The van der Waals surface area contributed by atoms with Gasteiger partial charge in [0, 0.05) is 17.6 Å². The SMILES string of the molecule is Cc1cccc(NC(=O)/C(C#N)=C\Nc2ccc(S(N)(=O)=O)cc2)c1C. The molecule has 2 aromatic carbocycles. The Morgan fingerprint density at radius 1 is 1.15 bits per heavy atom. The van der Waals surface area contributed by atoms with Gasteiger partial charge in [-0.2, -0.15) is 5.26 Å². The van der Waals surface area contributed by atoms with Crippen molar-refractivity contribution in [3.63, 3.8) is 0 Å². The van der Waals surface area contributed by atoms with E-state index >= 15 is 0 Å².